The molecule has 2 amide bonds. The number of carbonyl (C=O) groups excluding carboxylic acids is 2. The Kier molecular flexibility index (Phi) is 6.42. The van der Waals surface area contributed by atoms with E-state index in [4.69, 9.17) is 0 Å². The van der Waals surface area contributed by atoms with E-state index in [1.807, 2.05) is 35.2 Å². The second kappa shape index (κ2) is 8.31. The molecule has 2 fully saturated rings. The SMILES string of the molecule is Cl.O=C(NC1CCN(Cc2ccccc2)C1=O)C1CCNCC1. The van der Waals surface area contributed by atoms with E-state index >= 15 is 0 Å². The molecule has 3 rings (SSSR count). The number of carbonyl (C=O) groups is 2. The van der Waals surface area contributed by atoms with Crippen molar-refractivity contribution >= 4 is 24.2 Å². The number of benzene rings is 1. The van der Waals surface area contributed by atoms with Crippen LogP contribution in [-0.2, 0) is 16.1 Å². The van der Waals surface area contributed by atoms with Crippen molar-refractivity contribution in [2.24, 2.45) is 5.92 Å². The van der Waals surface area contributed by atoms with Gasteiger partial charge >= 0.3 is 0 Å². The fourth-order valence-electron chi connectivity index (χ4n) is 3.21. The summed E-state index contributed by atoms with van der Waals surface area (Å²) in [7, 11) is 0. The summed E-state index contributed by atoms with van der Waals surface area (Å²) < 4.78 is 0. The molecule has 2 aliphatic rings. The third-order valence-electron chi connectivity index (χ3n) is 4.54. The molecule has 126 valence electrons. The minimum Gasteiger partial charge on any atom is -0.344 e. The molecule has 0 saturated carbocycles. The van der Waals surface area contributed by atoms with Crippen molar-refractivity contribution in [1.82, 2.24) is 15.5 Å². The van der Waals surface area contributed by atoms with Gasteiger partial charge in [-0.1, -0.05) is 30.3 Å². The molecule has 0 spiro atoms. The van der Waals surface area contributed by atoms with Crippen molar-refractivity contribution in [1.29, 1.82) is 0 Å². The number of nitrogens with zero attached hydrogens (tertiary/aromatic N) is 1. The first-order valence-electron chi connectivity index (χ1n) is 8.08. The zero-order chi connectivity index (χ0) is 15.4. The quantitative estimate of drug-likeness (QED) is 0.871. The topological polar surface area (TPSA) is 61.4 Å². The fourth-order valence-corrected chi connectivity index (χ4v) is 3.21. The summed E-state index contributed by atoms with van der Waals surface area (Å²) in [5.74, 6) is 0.143. The van der Waals surface area contributed by atoms with Gasteiger partial charge in [0, 0.05) is 19.0 Å². The number of likely N-dealkylation sites (tertiary alicyclic amines) is 1. The van der Waals surface area contributed by atoms with Gasteiger partial charge < -0.3 is 15.5 Å². The molecule has 5 nitrogen and oxygen atoms in total. The number of hydrogen-bond acceptors (Lipinski definition) is 3. The van der Waals surface area contributed by atoms with Gasteiger partial charge in [0.1, 0.15) is 6.04 Å². The van der Waals surface area contributed by atoms with Crippen molar-refractivity contribution in [3.8, 4) is 0 Å². The molecule has 0 aromatic heterocycles. The Morgan fingerprint density at radius 2 is 1.87 bits per heavy atom. The summed E-state index contributed by atoms with van der Waals surface area (Å²) in [6.07, 6.45) is 2.43. The van der Waals surface area contributed by atoms with Crippen LogP contribution in [0.2, 0.25) is 0 Å². The second-order valence-corrected chi connectivity index (χ2v) is 6.12. The summed E-state index contributed by atoms with van der Waals surface area (Å²) >= 11 is 0. The Hall–Kier alpha value is -1.59. The lowest BCUT2D eigenvalue weighted by Gasteiger charge is -2.23. The number of halogens is 1. The molecular weight excluding hydrogens is 314 g/mol. The number of rotatable bonds is 4. The summed E-state index contributed by atoms with van der Waals surface area (Å²) in [6.45, 7) is 3.11. The van der Waals surface area contributed by atoms with Crippen LogP contribution in [0.4, 0.5) is 0 Å². The average Bonchev–Trinajstić information content (AvgIpc) is 2.90. The smallest absolute Gasteiger partial charge is 0.245 e. The monoisotopic (exact) mass is 337 g/mol. The van der Waals surface area contributed by atoms with E-state index in [2.05, 4.69) is 10.6 Å². The normalized spacial score (nSPS) is 21.8. The Labute approximate surface area is 143 Å². The number of hydrogen-bond donors (Lipinski definition) is 2. The van der Waals surface area contributed by atoms with Crippen molar-refractivity contribution in [3.05, 3.63) is 35.9 Å². The van der Waals surface area contributed by atoms with Crippen LogP contribution >= 0.6 is 12.4 Å². The molecule has 2 saturated heterocycles. The highest BCUT2D eigenvalue weighted by Gasteiger charge is 2.34. The Morgan fingerprint density at radius 1 is 1.17 bits per heavy atom. The lowest BCUT2D eigenvalue weighted by atomic mass is 9.97. The van der Waals surface area contributed by atoms with E-state index in [1.54, 1.807) is 0 Å². The molecule has 0 aliphatic carbocycles. The summed E-state index contributed by atoms with van der Waals surface area (Å²) in [4.78, 5) is 26.5. The molecule has 1 atom stereocenters. The van der Waals surface area contributed by atoms with Gasteiger partial charge in [0.05, 0.1) is 0 Å². The van der Waals surface area contributed by atoms with E-state index in [0.29, 0.717) is 19.5 Å². The summed E-state index contributed by atoms with van der Waals surface area (Å²) in [5, 5.41) is 6.21. The van der Waals surface area contributed by atoms with Crippen LogP contribution in [0.3, 0.4) is 0 Å². The van der Waals surface area contributed by atoms with E-state index in [0.717, 1.165) is 31.5 Å². The van der Waals surface area contributed by atoms with E-state index in [1.165, 1.54) is 0 Å². The molecule has 2 heterocycles. The maximum Gasteiger partial charge on any atom is 0.245 e. The van der Waals surface area contributed by atoms with Crippen molar-refractivity contribution < 1.29 is 9.59 Å². The maximum atomic E-state index is 12.4. The van der Waals surface area contributed by atoms with Crippen LogP contribution in [0.15, 0.2) is 30.3 Å². The molecule has 0 bridgehead atoms. The highest BCUT2D eigenvalue weighted by atomic mass is 35.5. The molecule has 6 heteroatoms. The molecule has 1 aromatic carbocycles. The van der Waals surface area contributed by atoms with Crippen molar-refractivity contribution in [2.75, 3.05) is 19.6 Å². The first kappa shape index (κ1) is 17.8. The number of nitrogens with one attached hydrogen (secondary N) is 2. The largest absolute Gasteiger partial charge is 0.344 e. The van der Waals surface area contributed by atoms with Gasteiger partial charge in [0.25, 0.3) is 0 Å². The zero-order valence-electron chi connectivity index (χ0n) is 13.2. The lowest BCUT2D eigenvalue weighted by Crippen LogP contribution is -2.45. The van der Waals surface area contributed by atoms with Gasteiger partial charge in [-0.2, -0.15) is 0 Å². The first-order chi connectivity index (χ1) is 10.7. The molecule has 2 N–H and O–H groups in total. The third-order valence-corrected chi connectivity index (χ3v) is 4.54. The van der Waals surface area contributed by atoms with Crippen LogP contribution < -0.4 is 10.6 Å². The second-order valence-electron chi connectivity index (χ2n) is 6.12. The summed E-state index contributed by atoms with van der Waals surface area (Å²) in [6, 6.07) is 9.63. The lowest BCUT2D eigenvalue weighted by molar-refractivity contribution is -0.134. The maximum absolute atomic E-state index is 12.4. The van der Waals surface area contributed by atoms with E-state index < -0.39 is 0 Å². The Balaban J connectivity index is 0.00000192. The van der Waals surface area contributed by atoms with Crippen molar-refractivity contribution in [3.63, 3.8) is 0 Å². The van der Waals surface area contributed by atoms with Crippen LogP contribution in [-0.4, -0.2) is 42.4 Å². The van der Waals surface area contributed by atoms with Crippen LogP contribution in [0.1, 0.15) is 24.8 Å². The molecule has 1 aromatic rings. The average molecular weight is 338 g/mol. The number of piperidine rings is 1. The van der Waals surface area contributed by atoms with Crippen LogP contribution in [0, 0.1) is 5.92 Å². The van der Waals surface area contributed by atoms with Gasteiger partial charge in [-0.15, -0.1) is 12.4 Å². The highest BCUT2D eigenvalue weighted by molar-refractivity contribution is 5.89. The molecular formula is C17H24ClN3O2. The predicted molar refractivity (Wildman–Crippen MR) is 91.2 cm³/mol. The van der Waals surface area contributed by atoms with Gasteiger partial charge in [-0.05, 0) is 37.9 Å². The van der Waals surface area contributed by atoms with Crippen LogP contribution in [0.25, 0.3) is 0 Å². The van der Waals surface area contributed by atoms with Gasteiger partial charge in [-0.25, -0.2) is 0 Å². The van der Waals surface area contributed by atoms with E-state index in [-0.39, 0.29) is 36.2 Å². The Morgan fingerprint density at radius 3 is 2.57 bits per heavy atom. The minimum absolute atomic E-state index is 0. The minimum atomic E-state index is -0.342. The van der Waals surface area contributed by atoms with E-state index in [9.17, 15) is 9.59 Å². The molecule has 23 heavy (non-hydrogen) atoms. The third kappa shape index (κ3) is 4.45. The molecule has 2 aliphatic heterocycles. The predicted octanol–water partition coefficient (Wildman–Crippen LogP) is 1.33. The molecule has 0 radical (unpaired) electrons. The first-order valence-corrected chi connectivity index (χ1v) is 8.08. The standard InChI is InChI=1S/C17H23N3O2.ClH/c21-16(14-6-9-18-10-7-14)19-15-8-11-20(17(15)22)12-13-4-2-1-3-5-13;/h1-5,14-15,18H,6-12H2,(H,19,21);1H. The number of amides is 2. The van der Waals surface area contributed by atoms with Crippen LogP contribution in [0.5, 0.6) is 0 Å². The Bertz CT molecular complexity index is 532. The summed E-state index contributed by atoms with van der Waals surface area (Å²) in [5.41, 5.74) is 1.13. The molecule has 1 unspecified atom stereocenters. The van der Waals surface area contributed by atoms with Crippen molar-refractivity contribution in [2.45, 2.75) is 31.8 Å². The van der Waals surface area contributed by atoms with Gasteiger partial charge in [0.15, 0.2) is 0 Å². The fraction of sp³-hybridized carbons (Fsp3) is 0.529. The zero-order valence-corrected chi connectivity index (χ0v) is 14.0. The van der Waals surface area contributed by atoms with Gasteiger partial charge in [0.2, 0.25) is 11.8 Å². The highest BCUT2D eigenvalue weighted by Crippen LogP contribution is 2.17. The van der Waals surface area contributed by atoms with Gasteiger partial charge in [-0.3, -0.25) is 9.59 Å².